The zero-order valence-electron chi connectivity index (χ0n) is 15.3. The second-order valence-corrected chi connectivity index (χ2v) is 8.58. The van der Waals surface area contributed by atoms with Gasteiger partial charge in [-0.2, -0.15) is 0 Å². The van der Waals surface area contributed by atoms with Gasteiger partial charge in [-0.1, -0.05) is 23.8 Å². The molecule has 2 rings (SSSR count). The van der Waals surface area contributed by atoms with Gasteiger partial charge >= 0.3 is 0 Å². The van der Waals surface area contributed by atoms with Crippen molar-refractivity contribution in [2.45, 2.75) is 52.0 Å². The normalized spacial score (nSPS) is 16.0. The molecule has 0 aromatic heterocycles. The lowest BCUT2D eigenvalue weighted by atomic mass is 9.97. The van der Waals surface area contributed by atoms with Crippen LogP contribution >= 0.6 is 0 Å². The SMILES string of the molecule is Cc1cccc(N([C@H](C)C(=O)NCCC2=CCCCC2)S(C)(=O)=O)c1. The Morgan fingerprint density at radius 3 is 2.68 bits per heavy atom. The van der Waals surface area contributed by atoms with E-state index in [0.717, 1.165) is 31.1 Å². The minimum Gasteiger partial charge on any atom is -0.354 e. The molecule has 0 heterocycles. The summed E-state index contributed by atoms with van der Waals surface area (Å²) in [4.78, 5) is 12.5. The first-order chi connectivity index (χ1) is 11.8. The number of nitrogens with one attached hydrogen (secondary N) is 1. The molecular weight excluding hydrogens is 336 g/mol. The van der Waals surface area contributed by atoms with Crippen LogP contribution in [-0.2, 0) is 14.8 Å². The Kier molecular flexibility index (Phi) is 6.64. The van der Waals surface area contributed by atoms with Gasteiger partial charge in [0, 0.05) is 6.54 Å². The highest BCUT2D eigenvalue weighted by atomic mass is 32.2. The number of amides is 1. The number of nitrogens with zero attached hydrogens (tertiary/aromatic N) is 1. The lowest BCUT2D eigenvalue weighted by molar-refractivity contribution is -0.121. The predicted octanol–water partition coefficient (Wildman–Crippen LogP) is 3.16. The van der Waals surface area contributed by atoms with Crippen LogP contribution in [0, 0.1) is 6.92 Å². The van der Waals surface area contributed by atoms with Gasteiger partial charge in [-0.25, -0.2) is 8.42 Å². The van der Waals surface area contributed by atoms with E-state index in [1.807, 2.05) is 13.0 Å². The summed E-state index contributed by atoms with van der Waals surface area (Å²) in [5, 5.41) is 2.88. The molecule has 25 heavy (non-hydrogen) atoms. The molecular formula is C19H28N2O3S. The molecule has 1 aliphatic carbocycles. The largest absolute Gasteiger partial charge is 0.354 e. The van der Waals surface area contributed by atoms with Gasteiger partial charge in [0.05, 0.1) is 11.9 Å². The Morgan fingerprint density at radius 1 is 1.32 bits per heavy atom. The molecule has 1 atom stereocenters. The van der Waals surface area contributed by atoms with Crippen LogP contribution in [0.2, 0.25) is 0 Å². The van der Waals surface area contributed by atoms with Gasteiger partial charge in [-0.05, 0) is 63.6 Å². The van der Waals surface area contributed by atoms with E-state index in [1.165, 1.54) is 22.7 Å². The molecule has 0 bridgehead atoms. The van der Waals surface area contributed by atoms with Crippen LogP contribution in [0.15, 0.2) is 35.9 Å². The molecule has 0 unspecified atom stereocenters. The number of anilines is 1. The van der Waals surface area contributed by atoms with E-state index in [-0.39, 0.29) is 5.91 Å². The molecule has 0 saturated heterocycles. The van der Waals surface area contributed by atoms with Gasteiger partial charge in [0.15, 0.2) is 0 Å². The third kappa shape index (κ3) is 5.59. The van der Waals surface area contributed by atoms with Crippen molar-refractivity contribution in [1.82, 2.24) is 5.32 Å². The summed E-state index contributed by atoms with van der Waals surface area (Å²) >= 11 is 0. The van der Waals surface area contributed by atoms with Crippen LogP contribution < -0.4 is 9.62 Å². The minimum absolute atomic E-state index is 0.275. The highest BCUT2D eigenvalue weighted by Crippen LogP contribution is 2.22. The number of sulfonamides is 1. The highest BCUT2D eigenvalue weighted by Gasteiger charge is 2.28. The molecule has 5 nitrogen and oxygen atoms in total. The lowest BCUT2D eigenvalue weighted by Gasteiger charge is -2.28. The van der Waals surface area contributed by atoms with Crippen molar-refractivity contribution in [1.29, 1.82) is 0 Å². The Hall–Kier alpha value is -1.82. The Labute approximate surface area is 151 Å². The minimum atomic E-state index is -3.56. The maximum atomic E-state index is 12.5. The summed E-state index contributed by atoms with van der Waals surface area (Å²) in [7, 11) is -3.56. The molecule has 1 N–H and O–H groups in total. The second-order valence-electron chi connectivity index (χ2n) is 6.72. The number of carbonyl (C=O) groups is 1. The van der Waals surface area contributed by atoms with Gasteiger partial charge in [0.1, 0.15) is 6.04 Å². The van der Waals surface area contributed by atoms with Crippen LogP contribution in [0.25, 0.3) is 0 Å². The molecule has 1 aromatic rings. The molecule has 138 valence electrons. The predicted molar refractivity (Wildman–Crippen MR) is 102 cm³/mol. The number of aryl methyl sites for hydroxylation is 1. The van der Waals surface area contributed by atoms with Gasteiger partial charge < -0.3 is 5.32 Å². The number of allylic oxidation sites excluding steroid dienone is 1. The number of hydrogen-bond acceptors (Lipinski definition) is 3. The fourth-order valence-electron chi connectivity index (χ4n) is 3.20. The summed E-state index contributed by atoms with van der Waals surface area (Å²) in [6.45, 7) is 4.06. The summed E-state index contributed by atoms with van der Waals surface area (Å²) in [5.41, 5.74) is 2.85. The molecule has 0 aliphatic heterocycles. The molecule has 1 amide bonds. The smallest absolute Gasteiger partial charge is 0.243 e. The first-order valence-electron chi connectivity index (χ1n) is 8.81. The molecule has 0 radical (unpaired) electrons. The maximum absolute atomic E-state index is 12.5. The fraction of sp³-hybridized carbons (Fsp3) is 0.526. The second kappa shape index (κ2) is 8.52. The highest BCUT2D eigenvalue weighted by molar-refractivity contribution is 7.92. The van der Waals surface area contributed by atoms with Gasteiger partial charge in [-0.15, -0.1) is 0 Å². The maximum Gasteiger partial charge on any atom is 0.243 e. The zero-order chi connectivity index (χ0) is 18.4. The van der Waals surface area contributed by atoms with Crippen LogP contribution in [0.1, 0.15) is 44.6 Å². The van der Waals surface area contributed by atoms with Crippen molar-refractivity contribution in [3.05, 3.63) is 41.5 Å². The molecule has 6 heteroatoms. The van der Waals surface area contributed by atoms with Crippen LogP contribution in [0.4, 0.5) is 5.69 Å². The lowest BCUT2D eigenvalue weighted by Crippen LogP contribution is -2.48. The summed E-state index contributed by atoms with van der Waals surface area (Å²) in [5.74, 6) is -0.275. The zero-order valence-corrected chi connectivity index (χ0v) is 16.1. The Bertz CT molecular complexity index is 741. The fourth-order valence-corrected chi connectivity index (χ4v) is 4.37. The first-order valence-corrected chi connectivity index (χ1v) is 10.7. The van der Waals surface area contributed by atoms with E-state index in [1.54, 1.807) is 25.1 Å². The van der Waals surface area contributed by atoms with Crippen molar-refractivity contribution in [2.24, 2.45) is 0 Å². The number of carbonyl (C=O) groups excluding carboxylic acids is 1. The molecule has 0 spiro atoms. The third-order valence-corrected chi connectivity index (χ3v) is 5.72. The number of hydrogen-bond donors (Lipinski definition) is 1. The summed E-state index contributed by atoms with van der Waals surface area (Å²) < 4.78 is 25.7. The van der Waals surface area contributed by atoms with Gasteiger partial charge in [0.25, 0.3) is 0 Å². The average molecular weight is 365 g/mol. The van der Waals surface area contributed by atoms with E-state index in [4.69, 9.17) is 0 Å². The number of benzene rings is 1. The van der Waals surface area contributed by atoms with Crippen molar-refractivity contribution in [3.63, 3.8) is 0 Å². The van der Waals surface area contributed by atoms with Crippen LogP contribution in [0.5, 0.6) is 0 Å². The summed E-state index contributed by atoms with van der Waals surface area (Å²) in [6.07, 6.45) is 8.90. The molecule has 1 aromatic carbocycles. The third-order valence-electron chi connectivity index (χ3n) is 4.48. The monoisotopic (exact) mass is 364 g/mol. The standard InChI is InChI=1S/C19H28N2O3S/c1-15-8-7-11-18(14-15)21(25(3,23)24)16(2)19(22)20-13-12-17-9-5-4-6-10-17/h7-9,11,14,16H,4-6,10,12-13H2,1-3H3,(H,20,22)/t16-/m1/s1. The topological polar surface area (TPSA) is 66.5 Å². The van der Waals surface area contributed by atoms with Crippen molar-refractivity contribution in [3.8, 4) is 0 Å². The Morgan fingerprint density at radius 2 is 2.08 bits per heavy atom. The van der Waals surface area contributed by atoms with Crippen molar-refractivity contribution < 1.29 is 13.2 Å². The van der Waals surface area contributed by atoms with E-state index < -0.39 is 16.1 Å². The summed E-state index contributed by atoms with van der Waals surface area (Å²) in [6, 6.07) is 6.38. The van der Waals surface area contributed by atoms with E-state index in [0.29, 0.717) is 12.2 Å². The van der Waals surface area contributed by atoms with Gasteiger partial charge in [0.2, 0.25) is 15.9 Å². The quantitative estimate of drug-likeness (QED) is 0.756. The molecule has 1 aliphatic rings. The molecule has 0 saturated carbocycles. The Balaban J connectivity index is 2.04. The molecule has 0 fully saturated rings. The van der Waals surface area contributed by atoms with Crippen LogP contribution in [-0.4, -0.2) is 33.2 Å². The number of rotatable bonds is 7. The van der Waals surface area contributed by atoms with Gasteiger partial charge in [-0.3, -0.25) is 9.10 Å². The first kappa shape index (κ1) is 19.5. The van der Waals surface area contributed by atoms with E-state index in [9.17, 15) is 13.2 Å². The van der Waals surface area contributed by atoms with Crippen LogP contribution in [0.3, 0.4) is 0 Å². The van der Waals surface area contributed by atoms with E-state index in [2.05, 4.69) is 11.4 Å². The average Bonchev–Trinajstić information content (AvgIpc) is 2.54. The van der Waals surface area contributed by atoms with E-state index >= 15 is 0 Å². The van der Waals surface area contributed by atoms with Crippen molar-refractivity contribution >= 4 is 21.6 Å². The van der Waals surface area contributed by atoms with Crippen molar-refractivity contribution in [2.75, 3.05) is 17.1 Å².